The van der Waals surface area contributed by atoms with E-state index >= 15 is 0 Å². The molecule has 0 spiro atoms. The summed E-state index contributed by atoms with van der Waals surface area (Å²) in [6.07, 6.45) is 9.39. The van der Waals surface area contributed by atoms with Gasteiger partial charge in [0.2, 0.25) is 0 Å². The molecule has 4 nitrogen and oxygen atoms in total. The van der Waals surface area contributed by atoms with Crippen LogP contribution in [0.25, 0.3) is 5.65 Å². The number of likely N-dealkylation sites (tertiary alicyclic amines) is 1. The van der Waals surface area contributed by atoms with E-state index in [1.807, 2.05) is 22.7 Å². The van der Waals surface area contributed by atoms with Crippen LogP contribution in [-0.2, 0) is 6.54 Å². The third kappa shape index (κ3) is 3.00. The van der Waals surface area contributed by atoms with Gasteiger partial charge < -0.3 is 9.72 Å². The molecule has 2 saturated heterocycles. The van der Waals surface area contributed by atoms with Crippen LogP contribution in [0.15, 0.2) is 24.5 Å². The van der Waals surface area contributed by atoms with E-state index in [1.54, 1.807) is 0 Å². The predicted molar refractivity (Wildman–Crippen MR) is 89.2 cm³/mol. The number of nitrogens with zero attached hydrogens (tertiary/aromatic N) is 3. The molecule has 2 aromatic rings. The third-order valence-corrected chi connectivity index (χ3v) is 5.37. The average Bonchev–Trinajstić information content (AvgIpc) is 3.16. The Kier molecular flexibility index (Phi) is 4.07. The number of fused-ring (bicyclic) bond motifs is 1. The Morgan fingerprint density at radius 1 is 1.18 bits per heavy atom. The number of pyridine rings is 1. The first-order chi connectivity index (χ1) is 10.8. The fourth-order valence-corrected chi connectivity index (χ4v) is 4.12. The van der Waals surface area contributed by atoms with Crippen LogP contribution in [-0.4, -0.2) is 40.0 Å². The molecule has 1 unspecified atom stereocenters. The quantitative estimate of drug-likeness (QED) is 0.944. The molecule has 0 saturated carbocycles. The minimum absolute atomic E-state index is 0.751. The van der Waals surface area contributed by atoms with Gasteiger partial charge in [0.15, 0.2) is 0 Å². The maximum Gasteiger partial charge on any atom is 0.137 e. The normalized spacial score (nSPS) is 24.3. The highest BCUT2D eigenvalue weighted by Gasteiger charge is 2.28. The van der Waals surface area contributed by atoms with E-state index in [4.69, 9.17) is 16.6 Å². The summed E-state index contributed by atoms with van der Waals surface area (Å²) in [5.74, 6) is 0.874. The van der Waals surface area contributed by atoms with Crippen molar-refractivity contribution in [3.8, 4) is 0 Å². The molecular weight excluding hydrogens is 296 g/mol. The summed E-state index contributed by atoms with van der Waals surface area (Å²) in [5, 5.41) is 4.42. The van der Waals surface area contributed by atoms with Gasteiger partial charge in [-0.15, -0.1) is 0 Å². The fraction of sp³-hybridized carbons (Fsp3) is 0.588. The van der Waals surface area contributed by atoms with Crippen molar-refractivity contribution in [2.75, 3.05) is 19.6 Å². The van der Waals surface area contributed by atoms with Crippen molar-refractivity contribution >= 4 is 17.2 Å². The second-order valence-corrected chi connectivity index (χ2v) is 7.10. The Hall–Kier alpha value is -1.10. The standard InChI is InChI=1S/C17H23ClN4/c18-14-3-4-17-20-15(12-22(17)10-14)11-21-8-5-13(6-9-21)16-2-1-7-19-16/h3-4,10,12-13,16,19H,1-2,5-9,11H2. The van der Waals surface area contributed by atoms with Gasteiger partial charge in [-0.1, -0.05) is 11.6 Å². The monoisotopic (exact) mass is 318 g/mol. The van der Waals surface area contributed by atoms with Crippen molar-refractivity contribution in [2.24, 2.45) is 5.92 Å². The lowest BCUT2D eigenvalue weighted by atomic mass is 9.88. The first-order valence-corrected chi connectivity index (χ1v) is 8.74. The second kappa shape index (κ2) is 6.19. The Morgan fingerprint density at radius 3 is 2.82 bits per heavy atom. The molecule has 2 aliphatic rings. The van der Waals surface area contributed by atoms with Crippen molar-refractivity contribution in [3.63, 3.8) is 0 Å². The Labute approximate surface area is 136 Å². The lowest BCUT2D eigenvalue weighted by Crippen LogP contribution is -2.40. The molecule has 4 heterocycles. The van der Waals surface area contributed by atoms with Crippen LogP contribution in [0.5, 0.6) is 0 Å². The van der Waals surface area contributed by atoms with Gasteiger partial charge in [-0.25, -0.2) is 4.98 Å². The van der Waals surface area contributed by atoms with E-state index in [1.165, 1.54) is 45.3 Å². The van der Waals surface area contributed by atoms with Crippen LogP contribution in [0, 0.1) is 5.92 Å². The average molecular weight is 319 g/mol. The minimum Gasteiger partial charge on any atom is -0.314 e. The number of piperidine rings is 1. The van der Waals surface area contributed by atoms with Crippen molar-refractivity contribution in [1.82, 2.24) is 19.6 Å². The molecule has 4 rings (SSSR count). The van der Waals surface area contributed by atoms with E-state index in [2.05, 4.69) is 16.4 Å². The van der Waals surface area contributed by atoms with Crippen LogP contribution in [0.2, 0.25) is 5.02 Å². The summed E-state index contributed by atoms with van der Waals surface area (Å²) in [7, 11) is 0. The van der Waals surface area contributed by atoms with Crippen LogP contribution >= 0.6 is 11.6 Å². The van der Waals surface area contributed by atoms with E-state index in [0.29, 0.717) is 0 Å². The molecule has 5 heteroatoms. The zero-order valence-corrected chi connectivity index (χ0v) is 13.6. The van der Waals surface area contributed by atoms with Gasteiger partial charge in [0.05, 0.1) is 10.7 Å². The van der Waals surface area contributed by atoms with Crippen molar-refractivity contribution in [2.45, 2.75) is 38.3 Å². The molecule has 0 radical (unpaired) electrons. The van der Waals surface area contributed by atoms with E-state index < -0.39 is 0 Å². The number of aromatic nitrogens is 2. The number of imidazole rings is 1. The maximum atomic E-state index is 6.03. The minimum atomic E-state index is 0.751. The largest absolute Gasteiger partial charge is 0.314 e. The molecule has 2 aliphatic heterocycles. The van der Waals surface area contributed by atoms with Crippen LogP contribution < -0.4 is 5.32 Å². The number of hydrogen-bond donors (Lipinski definition) is 1. The van der Waals surface area contributed by atoms with Gasteiger partial charge in [-0.2, -0.15) is 0 Å². The van der Waals surface area contributed by atoms with Crippen LogP contribution in [0.4, 0.5) is 0 Å². The number of rotatable bonds is 3. The summed E-state index contributed by atoms with van der Waals surface area (Å²) < 4.78 is 2.02. The van der Waals surface area contributed by atoms with Gasteiger partial charge in [-0.05, 0) is 63.4 Å². The Balaban J connectivity index is 1.37. The highest BCUT2D eigenvalue weighted by Crippen LogP contribution is 2.26. The lowest BCUT2D eigenvalue weighted by Gasteiger charge is -2.34. The number of nitrogens with one attached hydrogen (secondary N) is 1. The van der Waals surface area contributed by atoms with Crippen LogP contribution in [0.3, 0.4) is 0 Å². The number of hydrogen-bond acceptors (Lipinski definition) is 3. The zero-order valence-electron chi connectivity index (χ0n) is 12.8. The van der Waals surface area contributed by atoms with E-state index in [0.717, 1.165) is 34.9 Å². The van der Waals surface area contributed by atoms with E-state index in [9.17, 15) is 0 Å². The lowest BCUT2D eigenvalue weighted by molar-refractivity contribution is 0.156. The van der Waals surface area contributed by atoms with Crippen molar-refractivity contribution in [3.05, 3.63) is 35.2 Å². The Morgan fingerprint density at radius 2 is 2.05 bits per heavy atom. The summed E-state index contributed by atoms with van der Waals surface area (Å²) in [5.41, 5.74) is 2.11. The maximum absolute atomic E-state index is 6.03. The SMILES string of the molecule is Clc1ccc2nc(CN3CCC(C4CCCN4)CC3)cn2c1. The molecule has 2 fully saturated rings. The van der Waals surface area contributed by atoms with Gasteiger partial charge in [0.25, 0.3) is 0 Å². The molecule has 22 heavy (non-hydrogen) atoms. The predicted octanol–water partition coefficient (Wildman–Crippen LogP) is 2.95. The molecule has 0 amide bonds. The summed E-state index contributed by atoms with van der Waals surface area (Å²) in [4.78, 5) is 7.23. The highest BCUT2D eigenvalue weighted by atomic mass is 35.5. The summed E-state index contributed by atoms with van der Waals surface area (Å²) >= 11 is 6.03. The molecule has 1 atom stereocenters. The molecule has 0 aromatic carbocycles. The van der Waals surface area contributed by atoms with Gasteiger partial charge >= 0.3 is 0 Å². The van der Waals surface area contributed by atoms with Crippen LogP contribution in [0.1, 0.15) is 31.4 Å². The van der Waals surface area contributed by atoms with Gasteiger partial charge in [0.1, 0.15) is 5.65 Å². The van der Waals surface area contributed by atoms with Gasteiger partial charge in [-0.3, -0.25) is 4.90 Å². The molecular formula is C17H23ClN4. The molecule has 2 aromatic heterocycles. The number of halogens is 1. The first-order valence-electron chi connectivity index (χ1n) is 8.37. The smallest absolute Gasteiger partial charge is 0.137 e. The highest BCUT2D eigenvalue weighted by molar-refractivity contribution is 6.30. The van der Waals surface area contributed by atoms with Crippen molar-refractivity contribution < 1.29 is 0 Å². The molecule has 1 N–H and O–H groups in total. The Bertz CT molecular complexity index is 639. The zero-order chi connectivity index (χ0) is 14.9. The summed E-state index contributed by atoms with van der Waals surface area (Å²) in [6, 6.07) is 4.65. The summed E-state index contributed by atoms with van der Waals surface area (Å²) in [6.45, 7) is 4.55. The third-order valence-electron chi connectivity index (χ3n) is 5.15. The molecule has 0 aliphatic carbocycles. The molecule has 0 bridgehead atoms. The van der Waals surface area contributed by atoms with Crippen molar-refractivity contribution in [1.29, 1.82) is 0 Å². The fourth-order valence-electron chi connectivity index (χ4n) is 3.95. The first kappa shape index (κ1) is 14.5. The van der Waals surface area contributed by atoms with Gasteiger partial charge in [0, 0.05) is 25.0 Å². The molecule has 118 valence electrons. The second-order valence-electron chi connectivity index (χ2n) is 6.66. The topological polar surface area (TPSA) is 32.6 Å². The van der Waals surface area contributed by atoms with E-state index in [-0.39, 0.29) is 0 Å².